The monoisotopic (exact) mass is 279 g/mol. The molecule has 0 aromatic heterocycles. The first-order valence-electron chi connectivity index (χ1n) is 6.76. The maximum Gasteiger partial charge on any atom is 0.307 e. The van der Waals surface area contributed by atoms with Crippen LogP contribution in [0.3, 0.4) is 0 Å². The molecule has 0 aliphatic rings. The van der Waals surface area contributed by atoms with E-state index in [-0.39, 0.29) is 13.0 Å². The van der Waals surface area contributed by atoms with Gasteiger partial charge in [-0.3, -0.25) is 9.59 Å². The normalized spacial score (nSPS) is 11.8. The molecular weight excluding hydrogens is 258 g/mol. The number of carbonyl (C=O) groups is 2. The Morgan fingerprint density at radius 1 is 1.20 bits per heavy atom. The summed E-state index contributed by atoms with van der Waals surface area (Å²) in [5.74, 6) is -2.13. The first kappa shape index (κ1) is 16.2. The Hall–Kier alpha value is -1.88. The molecule has 0 saturated heterocycles. The van der Waals surface area contributed by atoms with Crippen molar-refractivity contribution in [3.63, 3.8) is 0 Å². The standard InChI is InChI=1S/C15H21NO4/c16-9-5-4-8-13(15(18)19)10-14(17)20-11-12-6-2-1-3-7-12/h1-3,6-7,13H,4-5,8-11,16H2,(H,18,19). The van der Waals surface area contributed by atoms with Gasteiger partial charge in [-0.2, -0.15) is 0 Å². The number of aliphatic carboxylic acids is 1. The van der Waals surface area contributed by atoms with Crippen LogP contribution in [0.15, 0.2) is 30.3 Å². The smallest absolute Gasteiger partial charge is 0.307 e. The molecule has 5 heteroatoms. The Morgan fingerprint density at radius 2 is 1.90 bits per heavy atom. The zero-order valence-corrected chi connectivity index (χ0v) is 11.5. The van der Waals surface area contributed by atoms with E-state index in [4.69, 9.17) is 15.6 Å². The van der Waals surface area contributed by atoms with Crippen LogP contribution in [-0.4, -0.2) is 23.6 Å². The third kappa shape index (κ3) is 6.33. The van der Waals surface area contributed by atoms with Crippen molar-refractivity contribution < 1.29 is 19.4 Å². The lowest BCUT2D eigenvalue weighted by Gasteiger charge is -2.11. The van der Waals surface area contributed by atoms with Gasteiger partial charge in [-0.05, 0) is 24.9 Å². The lowest BCUT2D eigenvalue weighted by atomic mass is 9.98. The summed E-state index contributed by atoms with van der Waals surface area (Å²) < 4.78 is 5.09. The van der Waals surface area contributed by atoms with Crippen LogP contribution in [0, 0.1) is 5.92 Å². The molecule has 5 nitrogen and oxygen atoms in total. The molecule has 1 rings (SSSR count). The number of carboxylic acids is 1. The molecule has 0 heterocycles. The highest BCUT2D eigenvalue weighted by Crippen LogP contribution is 2.14. The number of carbonyl (C=O) groups excluding carboxylic acids is 1. The van der Waals surface area contributed by atoms with Gasteiger partial charge < -0.3 is 15.6 Å². The van der Waals surface area contributed by atoms with Crippen LogP contribution < -0.4 is 5.73 Å². The van der Waals surface area contributed by atoms with E-state index in [9.17, 15) is 9.59 Å². The SMILES string of the molecule is NCCCCC(CC(=O)OCc1ccccc1)C(=O)O. The Bertz CT molecular complexity index is 419. The van der Waals surface area contributed by atoms with Crippen LogP contribution in [0.4, 0.5) is 0 Å². The van der Waals surface area contributed by atoms with Gasteiger partial charge in [0.15, 0.2) is 0 Å². The molecule has 0 amide bonds. The molecule has 3 N–H and O–H groups in total. The summed E-state index contributed by atoms with van der Waals surface area (Å²) in [5, 5.41) is 9.07. The van der Waals surface area contributed by atoms with E-state index in [2.05, 4.69) is 0 Å². The van der Waals surface area contributed by atoms with Gasteiger partial charge in [-0.1, -0.05) is 36.8 Å². The maximum atomic E-state index is 11.7. The number of nitrogens with two attached hydrogens (primary N) is 1. The van der Waals surface area contributed by atoms with Crippen molar-refractivity contribution in [2.45, 2.75) is 32.3 Å². The van der Waals surface area contributed by atoms with E-state index in [1.54, 1.807) is 0 Å². The van der Waals surface area contributed by atoms with Crippen molar-refractivity contribution >= 4 is 11.9 Å². The third-order valence-electron chi connectivity index (χ3n) is 3.01. The minimum Gasteiger partial charge on any atom is -0.481 e. The van der Waals surface area contributed by atoms with Crippen LogP contribution in [0.5, 0.6) is 0 Å². The van der Waals surface area contributed by atoms with Gasteiger partial charge in [0, 0.05) is 0 Å². The van der Waals surface area contributed by atoms with Crippen molar-refractivity contribution in [2.24, 2.45) is 11.7 Å². The molecule has 0 fully saturated rings. The molecule has 0 aliphatic carbocycles. The molecule has 0 spiro atoms. The highest BCUT2D eigenvalue weighted by Gasteiger charge is 2.21. The summed E-state index contributed by atoms with van der Waals surface area (Å²) in [4.78, 5) is 22.7. The van der Waals surface area contributed by atoms with Gasteiger partial charge >= 0.3 is 11.9 Å². The zero-order valence-electron chi connectivity index (χ0n) is 11.5. The van der Waals surface area contributed by atoms with Crippen LogP contribution in [0.25, 0.3) is 0 Å². The van der Waals surface area contributed by atoms with E-state index in [0.29, 0.717) is 19.4 Å². The molecule has 0 saturated carbocycles. The molecule has 1 atom stereocenters. The van der Waals surface area contributed by atoms with Gasteiger partial charge in [0.1, 0.15) is 6.61 Å². The van der Waals surface area contributed by atoms with E-state index in [0.717, 1.165) is 12.0 Å². The van der Waals surface area contributed by atoms with Gasteiger partial charge in [0.2, 0.25) is 0 Å². The van der Waals surface area contributed by atoms with Crippen molar-refractivity contribution in [2.75, 3.05) is 6.54 Å². The molecular formula is C15H21NO4. The van der Waals surface area contributed by atoms with E-state index in [1.165, 1.54) is 0 Å². The number of hydrogen-bond acceptors (Lipinski definition) is 4. The molecule has 0 aliphatic heterocycles. The first-order chi connectivity index (χ1) is 9.63. The fourth-order valence-corrected chi connectivity index (χ4v) is 1.85. The number of esters is 1. The second-order valence-electron chi connectivity index (χ2n) is 4.67. The lowest BCUT2D eigenvalue weighted by molar-refractivity contribution is -0.152. The van der Waals surface area contributed by atoms with Gasteiger partial charge in [0.05, 0.1) is 12.3 Å². The van der Waals surface area contributed by atoms with Crippen LogP contribution in [0.2, 0.25) is 0 Å². The predicted molar refractivity (Wildman–Crippen MR) is 74.9 cm³/mol. The molecule has 0 radical (unpaired) electrons. The van der Waals surface area contributed by atoms with E-state index in [1.807, 2.05) is 30.3 Å². The number of unbranched alkanes of at least 4 members (excludes halogenated alkanes) is 1. The fraction of sp³-hybridized carbons (Fsp3) is 0.467. The lowest BCUT2D eigenvalue weighted by Crippen LogP contribution is -2.19. The van der Waals surface area contributed by atoms with Crippen molar-refractivity contribution in [3.8, 4) is 0 Å². The van der Waals surface area contributed by atoms with Crippen LogP contribution >= 0.6 is 0 Å². The largest absolute Gasteiger partial charge is 0.481 e. The predicted octanol–water partition coefficient (Wildman–Crippen LogP) is 1.95. The van der Waals surface area contributed by atoms with Gasteiger partial charge in [-0.15, -0.1) is 0 Å². The molecule has 20 heavy (non-hydrogen) atoms. The summed E-state index contributed by atoms with van der Waals surface area (Å²) in [6, 6.07) is 9.29. The Balaban J connectivity index is 2.36. The Morgan fingerprint density at radius 3 is 2.50 bits per heavy atom. The summed E-state index contributed by atoms with van der Waals surface area (Å²) in [7, 11) is 0. The Labute approximate surface area is 118 Å². The average Bonchev–Trinajstić information content (AvgIpc) is 2.45. The van der Waals surface area contributed by atoms with Crippen LogP contribution in [-0.2, 0) is 20.9 Å². The average molecular weight is 279 g/mol. The van der Waals surface area contributed by atoms with Crippen LogP contribution in [0.1, 0.15) is 31.2 Å². The Kier molecular flexibility index (Phi) is 7.35. The summed E-state index contributed by atoms with van der Waals surface area (Å²) in [6.45, 7) is 0.708. The third-order valence-corrected chi connectivity index (χ3v) is 3.01. The zero-order chi connectivity index (χ0) is 14.8. The minimum atomic E-state index is -0.960. The molecule has 1 unspecified atom stereocenters. The van der Waals surface area contributed by atoms with E-state index >= 15 is 0 Å². The van der Waals surface area contributed by atoms with Crippen molar-refractivity contribution in [1.29, 1.82) is 0 Å². The molecule has 1 aromatic carbocycles. The van der Waals surface area contributed by atoms with E-state index < -0.39 is 17.9 Å². The number of rotatable bonds is 9. The number of ether oxygens (including phenoxy) is 1. The number of benzene rings is 1. The summed E-state index contributed by atoms with van der Waals surface area (Å²) in [5.41, 5.74) is 6.25. The fourth-order valence-electron chi connectivity index (χ4n) is 1.85. The molecule has 110 valence electrons. The topological polar surface area (TPSA) is 89.6 Å². The second-order valence-corrected chi connectivity index (χ2v) is 4.67. The van der Waals surface area contributed by atoms with Crippen molar-refractivity contribution in [3.05, 3.63) is 35.9 Å². The number of carboxylic acid groups (broad SMARTS) is 1. The van der Waals surface area contributed by atoms with Crippen molar-refractivity contribution in [1.82, 2.24) is 0 Å². The maximum absolute atomic E-state index is 11.7. The summed E-state index contributed by atoms with van der Waals surface area (Å²) in [6.07, 6.45) is 1.84. The number of hydrogen-bond donors (Lipinski definition) is 2. The highest BCUT2D eigenvalue weighted by molar-refractivity contribution is 5.78. The van der Waals surface area contributed by atoms with Gasteiger partial charge in [0.25, 0.3) is 0 Å². The van der Waals surface area contributed by atoms with Gasteiger partial charge in [-0.25, -0.2) is 0 Å². The highest BCUT2D eigenvalue weighted by atomic mass is 16.5. The quantitative estimate of drug-likeness (QED) is 0.532. The molecule has 1 aromatic rings. The minimum absolute atomic E-state index is 0.0905. The first-order valence-corrected chi connectivity index (χ1v) is 6.76. The second kappa shape index (κ2) is 9.09. The molecule has 0 bridgehead atoms. The summed E-state index contributed by atoms with van der Waals surface area (Å²) >= 11 is 0.